The average Bonchev–Trinajstić information content (AvgIpc) is 2.73. The lowest BCUT2D eigenvalue weighted by Crippen LogP contribution is -2.44. The Morgan fingerprint density at radius 2 is 1.96 bits per heavy atom. The van der Waals surface area contributed by atoms with Crippen molar-refractivity contribution in [1.29, 1.82) is 0 Å². The minimum Gasteiger partial charge on any atom is -0.497 e. The standard InChI is InChI=1S/C21H24N2O4/c1-27-19-6-2-4-16(12-19)15-7-9-18(10-8-15)22-21(26)17-5-3-11-23(13-17)20(25)14-24/h2,4,6-10,12,17,24H,3,5,11,13-14H2,1H3,(H,22,26)/t17-/m0/s1. The van der Waals surface area contributed by atoms with Crippen LogP contribution in [-0.2, 0) is 9.59 Å². The number of hydrogen-bond donors (Lipinski definition) is 2. The van der Waals surface area contributed by atoms with E-state index in [-0.39, 0.29) is 17.7 Å². The first-order chi connectivity index (χ1) is 13.1. The number of aliphatic hydroxyl groups excluding tert-OH is 1. The topological polar surface area (TPSA) is 78.9 Å². The molecule has 2 N–H and O–H groups in total. The summed E-state index contributed by atoms with van der Waals surface area (Å²) in [6, 6.07) is 15.4. The fourth-order valence-corrected chi connectivity index (χ4v) is 3.31. The summed E-state index contributed by atoms with van der Waals surface area (Å²) in [6.45, 7) is 0.436. The number of ether oxygens (including phenoxy) is 1. The maximum absolute atomic E-state index is 12.5. The number of benzene rings is 2. The van der Waals surface area contributed by atoms with Crippen LogP contribution in [-0.4, -0.2) is 48.6 Å². The van der Waals surface area contributed by atoms with Crippen LogP contribution < -0.4 is 10.1 Å². The zero-order chi connectivity index (χ0) is 19.2. The molecular weight excluding hydrogens is 344 g/mol. The number of hydrogen-bond acceptors (Lipinski definition) is 4. The number of carbonyl (C=O) groups excluding carboxylic acids is 2. The highest BCUT2D eigenvalue weighted by molar-refractivity contribution is 5.93. The fraction of sp³-hybridized carbons (Fsp3) is 0.333. The van der Waals surface area contributed by atoms with E-state index in [1.54, 1.807) is 12.0 Å². The SMILES string of the molecule is COc1cccc(-c2ccc(NC(=O)[C@H]3CCCN(C(=O)CO)C3)cc2)c1. The molecule has 3 rings (SSSR count). The zero-order valence-electron chi connectivity index (χ0n) is 15.4. The Kier molecular flexibility index (Phi) is 6.08. The molecule has 0 radical (unpaired) electrons. The Morgan fingerprint density at radius 1 is 1.19 bits per heavy atom. The number of nitrogens with one attached hydrogen (secondary N) is 1. The molecule has 1 aliphatic rings. The highest BCUT2D eigenvalue weighted by Crippen LogP contribution is 2.25. The number of anilines is 1. The number of piperidine rings is 1. The molecule has 2 aromatic rings. The summed E-state index contributed by atoms with van der Waals surface area (Å²) in [7, 11) is 1.64. The lowest BCUT2D eigenvalue weighted by Gasteiger charge is -2.31. The average molecular weight is 368 g/mol. The molecule has 2 amide bonds. The second-order valence-corrected chi connectivity index (χ2v) is 6.64. The summed E-state index contributed by atoms with van der Waals surface area (Å²) in [4.78, 5) is 25.7. The van der Waals surface area contributed by atoms with E-state index in [9.17, 15) is 9.59 Å². The molecular formula is C21H24N2O4. The quantitative estimate of drug-likeness (QED) is 0.850. The molecule has 1 atom stereocenters. The van der Waals surface area contributed by atoms with Gasteiger partial charge < -0.3 is 20.1 Å². The number of methoxy groups -OCH3 is 1. The van der Waals surface area contributed by atoms with Crippen LogP contribution in [0.2, 0.25) is 0 Å². The maximum Gasteiger partial charge on any atom is 0.248 e. The van der Waals surface area contributed by atoms with Gasteiger partial charge in [-0.1, -0.05) is 24.3 Å². The lowest BCUT2D eigenvalue weighted by molar-refractivity contribution is -0.137. The van der Waals surface area contributed by atoms with E-state index in [0.29, 0.717) is 13.1 Å². The van der Waals surface area contributed by atoms with E-state index in [1.807, 2.05) is 48.5 Å². The van der Waals surface area contributed by atoms with Gasteiger partial charge in [-0.3, -0.25) is 9.59 Å². The Morgan fingerprint density at radius 3 is 2.67 bits per heavy atom. The Bertz CT molecular complexity index is 804. The highest BCUT2D eigenvalue weighted by atomic mass is 16.5. The molecule has 6 heteroatoms. The van der Waals surface area contributed by atoms with Crippen LogP contribution in [0.4, 0.5) is 5.69 Å². The highest BCUT2D eigenvalue weighted by Gasteiger charge is 2.28. The maximum atomic E-state index is 12.5. The molecule has 1 aliphatic heterocycles. The van der Waals surface area contributed by atoms with Crippen molar-refractivity contribution >= 4 is 17.5 Å². The lowest BCUT2D eigenvalue weighted by atomic mass is 9.97. The summed E-state index contributed by atoms with van der Waals surface area (Å²) in [6.07, 6.45) is 1.50. The van der Waals surface area contributed by atoms with Gasteiger partial charge in [-0.25, -0.2) is 0 Å². The van der Waals surface area contributed by atoms with Gasteiger partial charge in [0.15, 0.2) is 0 Å². The third kappa shape index (κ3) is 4.65. The van der Waals surface area contributed by atoms with Gasteiger partial charge in [-0.2, -0.15) is 0 Å². The predicted octanol–water partition coefficient (Wildman–Crippen LogP) is 2.53. The molecule has 0 bridgehead atoms. The molecule has 6 nitrogen and oxygen atoms in total. The van der Waals surface area contributed by atoms with Crippen molar-refractivity contribution in [1.82, 2.24) is 4.90 Å². The van der Waals surface area contributed by atoms with E-state index in [1.165, 1.54) is 0 Å². The van der Waals surface area contributed by atoms with Crippen molar-refractivity contribution in [3.05, 3.63) is 48.5 Å². The van der Waals surface area contributed by atoms with Crippen molar-refractivity contribution in [2.45, 2.75) is 12.8 Å². The first-order valence-corrected chi connectivity index (χ1v) is 9.04. The number of carbonyl (C=O) groups is 2. The third-order valence-corrected chi connectivity index (χ3v) is 4.84. The number of likely N-dealkylation sites (tertiary alicyclic amines) is 1. The van der Waals surface area contributed by atoms with Crippen LogP contribution in [0.15, 0.2) is 48.5 Å². The zero-order valence-corrected chi connectivity index (χ0v) is 15.4. The smallest absolute Gasteiger partial charge is 0.248 e. The van der Waals surface area contributed by atoms with E-state index in [4.69, 9.17) is 9.84 Å². The van der Waals surface area contributed by atoms with Gasteiger partial charge in [0, 0.05) is 18.8 Å². The molecule has 0 saturated carbocycles. The molecule has 0 unspecified atom stereocenters. The second kappa shape index (κ2) is 8.68. The molecule has 0 spiro atoms. The van der Waals surface area contributed by atoms with Gasteiger partial charge in [0.25, 0.3) is 0 Å². The normalized spacial score (nSPS) is 16.7. The molecule has 1 heterocycles. The van der Waals surface area contributed by atoms with Crippen LogP contribution in [0.25, 0.3) is 11.1 Å². The van der Waals surface area contributed by atoms with E-state index >= 15 is 0 Å². The Hall–Kier alpha value is -2.86. The fourth-order valence-electron chi connectivity index (χ4n) is 3.31. The van der Waals surface area contributed by atoms with Crippen LogP contribution in [0.5, 0.6) is 5.75 Å². The third-order valence-electron chi connectivity index (χ3n) is 4.84. The number of amides is 2. The van der Waals surface area contributed by atoms with Crippen molar-refractivity contribution in [2.75, 3.05) is 32.1 Å². The first-order valence-electron chi connectivity index (χ1n) is 9.04. The van der Waals surface area contributed by atoms with Crippen LogP contribution in [0.3, 0.4) is 0 Å². The summed E-state index contributed by atoms with van der Waals surface area (Å²) in [5.74, 6) is 0.117. The van der Waals surface area contributed by atoms with Gasteiger partial charge in [-0.15, -0.1) is 0 Å². The molecule has 0 aliphatic carbocycles. The summed E-state index contributed by atoms with van der Waals surface area (Å²) < 4.78 is 5.25. The minimum atomic E-state index is -0.514. The Labute approximate surface area is 158 Å². The van der Waals surface area contributed by atoms with Crippen molar-refractivity contribution in [3.8, 4) is 16.9 Å². The first kappa shape index (κ1) is 18.9. The second-order valence-electron chi connectivity index (χ2n) is 6.64. The van der Waals surface area contributed by atoms with Crippen molar-refractivity contribution < 1.29 is 19.4 Å². The number of rotatable bonds is 5. The van der Waals surface area contributed by atoms with Gasteiger partial charge in [0.1, 0.15) is 12.4 Å². The molecule has 27 heavy (non-hydrogen) atoms. The van der Waals surface area contributed by atoms with Crippen molar-refractivity contribution in [2.24, 2.45) is 5.92 Å². The molecule has 1 saturated heterocycles. The van der Waals surface area contributed by atoms with Gasteiger partial charge in [0.2, 0.25) is 11.8 Å². The van der Waals surface area contributed by atoms with E-state index in [2.05, 4.69) is 5.32 Å². The molecule has 1 fully saturated rings. The summed E-state index contributed by atoms with van der Waals surface area (Å²) in [5.41, 5.74) is 2.79. The molecule has 142 valence electrons. The molecule has 2 aromatic carbocycles. The molecule has 0 aromatic heterocycles. The minimum absolute atomic E-state index is 0.0976. The van der Waals surface area contributed by atoms with Crippen molar-refractivity contribution in [3.63, 3.8) is 0 Å². The van der Waals surface area contributed by atoms with Gasteiger partial charge >= 0.3 is 0 Å². The van der Waals surface area contributed by atoms with Gasteiger partial charge in [0.05, 0.1) is 13.0 Å². The van der Waals surface area contributed by atoms with Crippen LogP contribution in [0, 0.1) is 5.92 Å². The Balaban J connectivity index is 1.64. The summed E-state index contributed by atoms with van der Waals surface area (Å²) in [5, 5.41) is 11.9. The van der Waals surface area contributed by atoms with E-state index < -0.39 is 6.61 Å². The summed E-state index contributed by atoms with van der Waals surface area (Å²) >= 11 is 0. The monoisotopic (exact) mass is 368 g/mol. The predicted molar refractivity (Wildman–Crippen MR) is 103 cm³/mol. The number of nitrogens with zero attached hydrogens (tertiary/aromatic N) is 1. The number of aliphatic hydroxyl groups is 1. The van der Waals surface area contributed by atoms with Gasteiger partial charge in [-0.05, 0) is 48.2 Å². The van der Waals surface area contributed by atoms with Crippen LogP contribution >= 0.6 is 0 Å². The van der Waals surface area contributed by atoms with E-state index in [0.717, 1.165) is 35.4 Å². The van der Waals surface area contributed by atoms with Crippen LogP contribution in [0.1, 0.15) is 12.8 Å². The largest absolute Gasteiger partial charge is 0.497 e.